The van der Waals surface area contributed by atoms with Gasteiger partial charge in [-0.2, -0.15) is 0 Å². The lowest BCUT2D eigenvalue weighted by atomic mass is 10.0. The summed E-state index contributed by atoms with van der Waals surface area (Å²) in [6, 6.07) is 12.8. The van der Waals surface area contributed by atoms with Crippen LogP contribution in [0.4, 0.5) is 5.82 Å². The molecule has 1 aliphatic carbocycles. The van der Waals surface area contributed by atoms with E-state index in [-0.39, 0.29) is 23.2 Å². The first-order chi connectivity index (χ1) is 14.4. The van der Waals surface area contributed by atoms with Gasteiger partial charge in [-0.1, -0.05) is 35.9 Å². The van der Waals surface area contributed by atoms with Crippen LogP contribution in [0.2, 0.25) is 5.02 Å². The Bertz CT molecular complexity index is 1120. The molecule has 6 nitrogen and oxygen atoms in total. The van der Waals surface area contributed by atoms with Gasteiger partial charge in [0.15, 0.2) is 11.5 Å². The van der Waals surface area contributed by atoms with Crippen molar-refractivity contribution >= 4 is 29.1 Å². The number of hydrogen-bond acceptors (Lipinski definition) is 4. The fourth-order valence-corrected chi connectivity index (χ4v) is 3.60. The molecule has 0 aliphatic heterocycles. The Kier molecular flexibility index (Phi) is 5.59. The number of carbonyl (C=O) groups is 2. The second-order valence-corrected chi connectivity index (χ2v) is 8.17. The van der Waals surface area contributed by atoms with Gasteiger partial charge < -0.3 is 11.1 Å². The van der Waals surface area contributed by atoms with Gasteiger partial charge in [0.25, 0.3) is 5.91 Å². The lowest BCUT2D eigenvalue weighted by molar-refractivity contribution is 0.0945. The van der Waals surface area contributed by atoms with Gasteiger partial charge in [-0.05, 0) is 55.0 Å². The number of Topliss-reactive ketones (excluding diaryl/α,β-unsaturated/α-hetero) is 1. The second kappa shape index (κ2) is 8.32. The zero-order valence-corrected chi connectivity index (χ0v) is 17.4. The highest BCUT2D eigenvalue weighted by Gasteiger charge is 2.25. The van der Waals surface area contributed by atoms with Crippen molar-refractivity contribution in [2.45, 2.75) is 32.7 Å². The Morgan fingerprint density at radius 3 is 2.77 bits per heavy atom. The van der Waals surface area contributed by atoms with Crippen molar-refractivity contribution in [3.8, 4) is 5.69 Å². The number of ketones is 1. The number of anilines is 1. The molecule has 2 aromatic carbocycles. The molecule has 0 unspecified atom stereocenters. The number of rotatable bonds is 7. The van der Waals surface area contributed by atoms with Gasteiger partial charge >= 0.3 is 0 Å². The van der Waals surface area contributed by atoms with Gasteiger partial charge in [0.1, 0.15) is 12.1 Å². The lowest BCUT2D eigenvalue weighted by Gasteiger charge is -2.11. The maximum absolute atomic E-state index is 12.6. The van der Waals surface area contributed by atoms with Crippen LogP contribution in [0.3, 0.4) is 0 Å². The second-order valence-electron chi connectivity index (χ2n) is 7.73. The predicted molar refractivity (Wildman–Crippen MR) is 117 cm³/mol. The van der Waals surface area contributed by atoms with Crippen molar-refractivity contribution in [2.24, 2.45) is 5.92 Å². The first-order valence-corrected chi connectivity index (χ1v) is 10.3. The van der Waals surface area contributed by atoms with Crippen LogP contribution in [0, 0.1) is 12.8 Å². The summed E-state index contributed by atoms with van der Waals surface area (Å²) in [5.74, 6) is 0.519. The summed E-state index contributed by atoms with van der Waals surface area (Å²) in [5, 5.41) is 3.42. The van der Waals surface area contributed by atoms with Crippen LogP contribution in [-0.4, -0.2) is 21.2 Å². The zero-order chi connectivity index (χ0) is 21.3. The van der Waals surface area contributed by atoms with E-state index in [1.807, 2.05) is 37.3 Å². The summed E-state index contributed by atoms with van der Waals surface area (Å²) < 4.78 is 1.65. The number of nitrogens with zero attached hydrogens (tertiary/aromatic N) is 2. The molecule has 1 fully saturated rings. The maximum atomic E-state index is 12.6. The minimum absolute atomic E-state index is 0.136. The number of aryl methyl sites for hydroxylation is 1. The molecule has 1 aliphatic rings. The topological polar surface area (TPSA) is 90.0 Å². The third kappa shape index (κ3) is 4.39. The zero-order valence-electron chi connectivity index (χ0n) is 16.7. The molecule has 0 atom stereocenters. The smallest absolute Gasteiger partial charge is 0.273 e. The summed E-state index contributed by atoms with van der Waals surface area (Å²) in [4.78, 5) is 29.3. The van der Waals surface area contributed by atoms with Gasteiger partial charge in [-0.25, -0.2) is 4.98 Å². The molecule has 1 aromatic heterocycles. The van der Waals surface area contributed by atoms with Gasteiger partial charge in [0.05, 0.1) is 5.69 Å². The number of benzene rings is 2. The number of carbonyl (C=O) groups excluding carboxylic acids is 2. The van der Waals surface area contributed by atoms with Crippen LogP contribution in [0.5, 0.6) is 0 Å². The quantitative estimate of drug-likeness (QED) is 0.554. The van der Waals surface area contributed by atoms with E-state index in [0.717, 1.165) is 29.7 Å². The lowest BCUT2D eigenvalue weighted by Crippen LogP contribution is -2.24. The highest BCUT2D eigenvalue weighted by Crippen LogP contribution is 2.34. The predicted octanol–water partition coefficient (Wildman–Crippen LogP) is 4.33. The van der Waals surface area contributed by atoms with Crippen molar-refractivity contribution in [2.75, 3.05) is 5.73 Å². The Morgan fingerprint density at radius 2 is 2.03 bits per heavy atom. The van der Waals surface area contributed by atoms with Crippen molar-refractivity contribution in [3.63, 3.8) is 0 Å². The standard InChI is InChI=1S/C23H23ClN4O2/c1-14-5-8-17(20(29)10-15-6-7-15)11-19(14)28-13-27-21(22(28)25)23(30)26-12-16-3-2-4-18(24)9-16/h2-5,8-9,11,13,15H,6-7,10,12,25H2,1H3,(H,26,30). The van der Waals surface area contributed by atoms with E-state index in [1.165, 1.54) is 6.33 Å². The molecule has 0 radical (unpaired) electrons. The molecule has 3 aromatic rings. The van der Waals surface area contributed by atoms with E-state index in [4.69, 9.17) is 17.3 Å². The van der Waals surface area contributed by atoms with Crippen molar-refractivity contribution in [3.05, 3.63) is 76.2 Å². The Hall–Kier alpha value is -3.12. The molecule has 7 heteroatoms. The van der Waals surface area contributed by atoms with Crippen LogP contribution < -0.4 is 11.1 Å². The Morgan fingerprint density at radius 1 is 1.23 bits per heavy atom. The van der Waals surface area contributed by atoms with Gasteiger partial charge in [-0.3, -0.25) is 14.2 Å². The molecule has 0 bridgehead atoms. The first kappa shape index (κ1) is 20.2. The molecule has 0 saturated heterocycles. The highest BCUT2D eigenvalue weighted by molar-refractivity contribution is 6.30. The summed E-state index contributed by atoms with van der Waals surface area (Å²) in [5.41, 5.74) is 9.61. The number of aromatic nitrogens is 2. The van der Waals surface area contributed by atoms with E-state index in [0.29, 0.717) is 29.5 Å². The summed E-state index contributed by atoms with van der Waals surface area (Å²) in [6.45, 7) is 2.25. The Labute approximate surface area is 180 Å². The number of amides is 1. The normalized spacial score (nSPS) is 13.3. The Balaban J connectivity index is 1.53. The summed E-state index contributed by atoms with van der Waals surface area (Å²) >= 11 is 5.98. The van der Waals surface area contributed by atoms with E-state index in [9.17, 15) is 9.59 Å². The van der Waals surface area contributed by atoms with Crippen LogP contribution in [-0.2, 0) is 6.54 Å². The molecule has 1 heterocycles. The van der Waals surface area contributed by atoms with E-state index >= 15 is 0 Å². The monoisotopic (exact) mass is 422 g/mol. The molecule has 154 valence electrons. The molecule has 4 rings (SSSR count). The number of hydrogen-bond donors (Lipinski definition) is 2. The van der Waals surface area contributed by atoms with Crippen LogP contribution in [0.25, 0.3) is 5.69 Å². The highest BCUT2D eigenvalue weighted by atomic mass is 35.5. The number of nitrogen functional groups attached to an aromatic ring is 1. The average molecular weight is 423 g/mol. The molecule has 1 saturated carbocycles. The van der Waals surface area contributed by atoms with E-state index < -0.39 is 0 Å². The fourth-order valence-electron chi connectivity index (χ4n) is 3.38. The maximum Gasteiger partial charge on any atom is 0.273 e. The summed E-state index contributed by atoms with van der Waals surface area (Å²) in [6.07, 6.45) is 4.36. The van der Waals surface area contributed by atoms with Gasteiger partial charge in [0.2, 0.25) is 0 Å². The SMILES string of the molecule is Cc1ccc(C(=O)CC2CC2)cc1-n1cnc(C(=O)NCc2cccc(Cl)c2)c1N. The van der Waals surface area contributed by atoms with Crippen molar-refractivity contribution in [1.29, 1.82) is 0 Å². The minimum Gasteiger partial charge on any atom is -0.383 e. The van der Waals surface area contributed by atoms with Gasteiger partial charge in [-0.15, -0.1) is 0 Å². The van der Waals surface area contributed by atoms with Crippen molar-refractivity contribution in [1.82, 2.24) is 14.9 Å². The van der Waals surface area contributed by atoms with Gasteiger partial charge in [0, 0.05) is 23.6 Å². The fraction of sp³-hybridized carbons (Fsp3) is 0.261. The molecule has 1 amide bonds. The number of nitrogens with two attached hydrogens (primary N) is 1. The number of nitrogens with one attached hydrogen (secondary N) is 1. The number of halogens is 1. The van der Waals surface area contributed by atoms with Crippen LogP contribution in [0.1, 0.15) is 51.2 Å². The molecule has 30 heavy (non-hydrogen) atoms. The van der Waals surface area contributed by atoms with Crippen LogP contribution >= 0.6 is 11.6 Å². The molecule has 3 N–H and O–H groups in total. The third-order valence-electron chi connectivity index (χ3n) is 5.32. The molecular weight excluding hydrogens is 400 g/mol. The molecule has 0 spiro atoms. The third-order valence-corrected chi connectivity index (χ3v) is 5.56. The van der Waals surface area contributed by atoms with Crippen molar-refractivity contribution < 1.29 is 9.59 Å². The van der Waals surface area contributed by atoms with E-state index in [1.54, 1.807) is 16.7 Å². The average Bonchev–Trinajstić information content (AvgIpc) is 3.46. The van der Waals surface area contributed by atoms with Crippen LogP contribution in [0.15, 0.2) is 48.8 Å². The van der Waals surface area contributed by atoms with E-state index in [2.05, 4.69) is 10.3 Å². The largest absolute Gasteiger partial charge is 0.383 e. The number of imidazole rings is 1. The first-order valence-electron chi connectivity index (χ1n) is 9.92. The molecular formula is C23H23ClN4O2. The summed E-state index contributed by atoms with van der Waals surface area (Å²) in [7, 11) is 0. The minimum atomic E-state index is -0.371.